The molecule has 0 spiro atoms. The molecule has 0 aliphatic rings. The summed E-state index contributed by atoms with van der Waals surface area (Å²) in [4.78, 5) is 11.6. The van der Waals surface area contributed by atoms with E-state index < -0.39 is 0 Å². The summed E-state index contributed by atoms with van der Waals surface area (Å²) in [6.45, 7) is 2.63. The minimum absolute atomic E-state index is 0.0951. The minimum atomic E-state index is -0.0951. The van der Waals surface area contributed by atoms with Crippen molar-refractivity contribution >= 4 is 5.97 Å². The summed E-state index contributed by atoms with van der Waals surface area (Å²) in [5.41, 5.74) is 1.07. The predicted molar refractivity (Wildman–Crippen MR) is 85.4 cm³/mol. The van der Waals surface area contributed by atoms with E-state index in [4.69, 9.17) is 4.74 Å². The highest BCUT2D eigenvalue weighted by Crippen LogP contribution is 2.11. The third kappa shape index (κ3) is 9.11. The second-order valence-electron chi connectivity index (χ2n) is 5.51. The van der Waals surface area contributed by atoms with Gasteiger partial charge in [-0.3, -0.25) is 4.79 Å². The van der Waals surface area contributed by atoms with Gasteiger partial charge in [-0.15, -0.1) is 0 Å². The second kappa shape index (κ2) is 11.2. The van der Waals surface area contributed by atoms with Gasteiger partial charge in [0.2, 0.25) is 0 Å². The summed E-state index contributed by atoms with van der Waals surface area (Å²) in [5.74, 6) is 0.164. The number of esters is 1. The molecule has 0 heterocycles. The standard InChI is InChI=1S/C18H28O3/c1-2-3-4-5-6-7-8-9-18(20)21-15-14-16-10-12-17(19)13-11-16/h10-13,19H,2-9,14-15H2,1H3. The molecule has 0 saturated carbocycles. The topological polar surface area (TPSA) is 46.5 Å². The van der Waals surface area contributed by atoms with Crippen molar-refractivity contribution in [2.75, 3.05) is 6.61 Å². The van der Waals surface area contributed by atoms with Crippen LogP contribution in [0.15, 0.2) is 24.3 Å². The summed E-state index contributed by atoms with van der Waals surface area (Å²) in [7, 11) is 0. The van der Waals surface area contributed by atoms with Crippen molar-refractivity contribution in [3.63, 3.8) is 0 Å². The van der Waals surface area contributed by atoms with Gasteiger partial charge in [0.25, 0.3) is 0 Å². The Morgan fingerprint density at radius 3 is 2.29 bits per heavy atom. The number of ether oxygens (including phenoxy) is 1. The lowest BCUT2D eigenvalue weighted by molar-refractivity contribution is -0.143. The molecule has 118 valence electrons. The fourth-order valence-corrected chi connectivity index (χ4v) is 2.24. The summed E-state index contributed by atoms with van der Waals surface area (Å²) < 4.78 is 5.22. The predicted octanol–water partition coefficient (Wildman–Crippen LogP) is 4.62. The fourth-order valence-electron chi connectivity index (χ4n) is 2.24. The van der Waals surface area contributed by atoms with E-state index in [-0.39, 0.29) is 11.7 Å². The monoisotopic (exact) mass is 292 g/mol. The van der Waals surface area contributed by atoms with Crippen molar-refractivity contribution in [2.45, 2.75) is 64.7 Å². The van der Waals surface area contributed by atoms with Crippen LogP contribution in [0.2, 0.25) is 0 Å². The fraction of sp³-hybridized carbons (Fsp3) is 0.611. The third-order valence-corrected chi connectivity index (χ3v) is 3.57. The smallest absolute Gasteiger partial charge is 0.305 e. The Bertz CT molecular complexity index is 384. The zero-order chi connectivity index (χ0) is 15.3. The summed E-state index contributed by atoms with van der Waals surface area (Å²) in [5, 5.41) is 9.17. The lowest BCUT2D eigenvalue weighted by atomic mass is 10.1. The number of aromatic hydroxyl groups is 1. The first-order valence-corrected chi connectivity index (χ1v) is 8.16. The Labute approximate surface area is 128 Å². The molecule has 3 nitrogen and oxygen atoms in total. The van der Waals surface area contributed by atoms with Gasteiger partial charge in [-0.05, 0) is 24.1 Å². The highest BCUT2D eigenvalue weighted by atomic mass is 16.5. The van der Waals surface area contributed by atoms with Crippen molar-refractivity contribution in [3.05, 3.63) is 29.8 Å². The molecule has 0 aliphatic heterocycles. The maximum atomic E-state index is 11.6. The number of benzene rings is 1. The molecule has 3 heteroatoms. The van der Waals surface area contributed by atoms with E-state index in [2.05, 4.69) is 6.92 Å². The molecule has 0 saturated heterocycles. The quantitative estimate of drug-likeness (QED) is 0.478. The normalized spacial score (nSPS) is 10.5. The summed E-state index contributed by atoms with van der Waals surface area (Å²) >= 11 is 0. The summed E-state index contributed by atoms with van der Waals surface area (Å²) in [6, 6.07) is 6.99. The van der Waals surface area contributed by atoms with E-state index in [9.17, 15) is 9.90 Å². The van der Waals surface area contributed by atoms with Crippen molar-refractivity contribution in [1.82, 2.24) is 0 Å². The highest BCUT2D eigenvalue weighted by Gasteiger charge is 2.03. The van der Waals surface area contributed by atoms with Crippen LogP contribution in [0.25, 0.3) is 0 Å². The molecule has 0 amide bonds. The van der Waals surface area contributed by atoms with Crippen molar-refractivity contribution in [2.24, 2.45) is 0 Å². The van der Waals surface area contributed by atoms with E-state index in [1.807, 2.05) is 12.1 Å². The molecule has 0 fully saturated rings. The van der Waals surface area contributed by atoms with Crippen LogP contribution in [0.5, 0.6) is 5.75 Å². The van der Waals surface area contributed by atoms with Crippen molar-refractivity contribution < 1.29 is 14.6 Å². The SMILES string of the molecule is CCCCCCCCCC(=O)OCCc1ccc(O)cc1. The van der Waals surface area contributed by atoms with Gasteiger partial charge in [0, 0.05) is 12.8 Å². The average Bonchev–Trinajstić information content (AvgIpc) is 2.48. The zero-order valence-corrected chi connectivity index (χ0v) is 13.1. The van der Waals surface area contributed by atoms with Gasteiger partial charge < -0.3 is 9.84 Å². The zero-order valence-electron chi connectivity index (χ0n) is 13.1. The van der Waals surface area contributed by atoms with Crippen LogP contribution >= 0.6 is 0 Å². The number of phenolic OH excluding ortho intramolecular Hbond substituents is 1. The molecule has 1 rings (SSSR count). The number of carbonyl (C=O) groups excluding carboxylic acids is 1. The van der Waals surface area contributed by atoms with E-state index in [1.54, 1.807) is 12.1 Å². The lowest BCUT2D eigenvalue weighted by Crippen LogP contribution is -2.07. The molecule has 1 aromatic carbocycles. The Kier molecular flexibility index (Phi) is 9.34. The van der Waals surface area contributed by atoms with Gasteiger partial charge in [0.05, 0.1) is 6.61 Å². The third-order valence-electron chi connectivity index (χ3n) is 3.57. The molecule has 0 unspecified atom stereocenters. The van der Waals surface area contributed by atoms with Crippen LogP contribution in [-0.2, 0) is 16.0 Å². The van der Waals surface area contributed by atoms with Crippen molar-refractivity contribution in [3.8, 4) is 5.75 Å². The first-order chi connectivity index (χ1) is 10.2. The van der Waals surface area contributed by atoms with Crippen LogP contribution in [0.1, 0.15) is 63.9 Å². The summed E-state index contributed by atoms with van der Waals surface area (Å²) in [6.07, 6.45) is 9.69. The van der Waals surface area contributed by atoms with Gasteiger partial charge in [-0.1, -0.05) is 57.6 Å². The maximum Gasteiger partial charge on any atom is 0.305 e. The van der Waals surface area contributed by atoms with E-state index >= 15 is 0 Å². The van der Waals surface area contributed by atoms with Gasteiger partial charge >= 0.3 is 5.97 Å². The lowest BCUT2D eigenvalue weighted by Gasteiger charge is -2.05. The number of rotatable bonds is 11. The molecule has 0 aromatic heterocycles. The van der Waals surface area contributed by atoms with Crippen LogP contribution in [0.3, 0.4) is 0 Å². The number of hydrogen-bond donors (Lipinski definition) is 1. The number of hydrogen-bond acceptors (Lipinski definition) is 3. The Morgan fingerprint density at radius 2 is 1.62 bits per heavy atom. The Morgan fingerprint density at radius 1 is 1.00 bits per heavy atom. The van der Waals surface area contributed by atoms with Gasteiger partial charge in [-0.25, -0.2) is 0 Å². The first kappa shape index (κ1) is 17.5. The molecule has 0 atom stereocenters. The van der Waals surface area contributed by atoms with E-state index in [0.717, 1.165) is 18.4 Å². The Hall–Kier alpha value is -1.51. The minimum Gasteiger partial charge on any atom is -0.508 e. The van der Waals surface area contributed by atoms with Crippen molar-refractivity contribution in [1.29, 1.82) is 0 Å². The largest absolute Gasteiger partial charge is 0.508 e. The van der Waals surface area contributed by atoms with Gasteiger partial charge in [-0.2, -0.15) is 0 Å². The number of phenols is 1. The number of carbonyl (C=O) groups is 1. The molecule has 0 radical (unpaired) electrons. The molecule has 0 bridgehead atoms. The molecule has 21 heavy (non-hydrogen) atoms. The van der Waals surface area contributed by atoms with Crippen LogP contribution in [-0.4, -0.2) is 17.7 Å². The molecule has 1 N–H and O–H groups in total. The molecular formula is C18H28O3. The second-order valence-corrected chi connectivity index (χ2v) is 5.51. The number of unbranched alkanes of at least 4 members (excludes halogenated alkanes) is 6. The maximum absolute atomic E-state index is 11.6. The average molecular weight is 292 g/mol. The van der Waals surface area contributed by atoms with Gasteiger partial charge in [0.1, 0.15) is 5.75 Å². The van der Waals surface area contributed by atoms with Crippen LogP contribution in [0.4, 0.5) is 0 Å². The van der Waals surface area contributed by atoms with E-state index in [0.29, 0.717) is 19.4 Å². The van der Waals surface area contributed by atoms with Crippen LogP contribution in [0, 0.1) is 0 Å². The Balaban J connectivity index is 1.97. The van der Waals surface area contributed by atoms with Gasteiger partial charge in [0.15, 0.2) is 0 Å². The van der Waals surface area contributed by atoms with Crippen LogP contribution < -0.4 is 0 Å². The first-order valence-electron chi connectivity index (χ1n) is 8.16. The molecule has 1 aromatic rings. The van der Waals surface area contributed by atoms with E-state index in [1.165, 1.54) is 32.1 Å². The molecular weight excluding hydrogens is 264 g/mol. The highest BCUT2D eigenvalue weighted by molar-refractivity contribution is 5.69. The molecule has 0 aliphatic carbocycles.